The first-order valence-corrected chi connectivity index (χ1v) is 9.56. The molecule has 0 fully saturated rings. The molecular formula is C23H27N3O2. The predicted molar refractivity (Wildman–Crippen MR) is 116 cm³/mol. The van der Waals surface area contributed by atoms with Crippen LogP contribution >= 0.6 is 0 Å². The molecule has 0 unspecified atom stereocenters. The first-order valence-electron chi connectivity index (χ1n) is 9.56. The Kier molecular flexibility index (Phi) is 5.54. The number of benzene rings is 2. The first-order chi connectivity index (χ1) is 13.3. The van der Waals surface area contributed by atoms with Gasteiger partial charge in [0.2, 0.25) is 0 Å². The molecule has 0 aromatic heterocycles. The van der Waals surface area contributed by atoms with Crippen LogP contribution in [0.15, 0.2) is 53.6 Å². The van der Waals surface area contributed by atoms with Gasteiger partial charge < -0.3 is 10.0 Å². The van der Waals surface area contributed by atoms with Gasteiger partial charge in [0.25, 0.3) is 0 Å². The third-order valence-corrected chi connectivity index (χ3v) is 4.99. The fourth-order valence-electron chi connectivity index (χ4n) is 3.68. The van der Waals surface area contributed by atoms with Crippen LogP contribution in [0.5, 0.6) is 0 Å². The summed E-state index contributed by atoms with van der Waals surface area (Å²) < 4.78 is 0. The van der Waals surface area contributed by atoms with Crippen LogP contribution in [0.3, 0.4) is 0 Å². The molecule has 28 heavy (non-hydrogen) atoms. The lowest BCUT2D eigenvalue weighted by molar-refractivity contribution is 0.0697. The number of nitrogens with zero attached hydrogens (tertiary/aromatic N) is 2. The summed E-state index contributed by atoms with van der Waals surface area (Å²) in [7, 11) is 0. The summed E-state index contributed by atoms with van der Waals surface area (Å²) in [6.45, 7) is 9.89. The number of hydrogen-bond donors (Lipinski definition) is 2. The standard InChI is InChI=1S/C23H27N3O2/c1-5-12-26-21-11-6-17(13-20(21)16(2)14-23(26,3)4)15-24-25-19-9-7-18(8-10-19)22(27)28/h6-11,13-15,25H,5,12H2,1-4H3,(H,27,28)/b24-15+. The molecule has 2 N–H and O–H groups in total. The number of carboxylic acid groups (broad SMARTS) is 1. The minimum Gasteiger partial charge on any atom is -0.478 e. The van der Waals surface area contributed by atoms with Gasteiger partial charge in [0, 0.05) is 17.8 Å². The van der Waals surface area contributed by atoms with Gasteiger partial charge >= 0.3 is 5.97 Å². The number of carbonyl (C=O) groups is 1. The summed E-state index contributed by atoms with van der Waals surface area (Å²) in [6, 6.07) is 12.9. The normalized spacial score (nSPS) is 15.3. The van der Waals surface area contributed by atoms with Crippen molar-refractivity contribution in [2.24, 2.45) is 5.10 Å². The molecule has 0 spiro atoms. The minimum absolute atomic E-state index is 0.00632. The summed E-state index contributed by atoms with van der Waals surface area (Å²) in [4.78, 5) is 13.4. The van der Waals surface area contributed by atoms with E-state index in [1.807, 2.05) is 0 Å². The highest BCUT2D eigenvalue weighted by atomic mass is 16.4. The van der Waals surface area contributed by atoms with E-state index < -0.39 is 5.97 Å². The minimum atomic E-state index is -0.937. The molecule has 1 aliphatic heterocycles. The Bertz CT molecular complexity index is 927. The lowest BCUT2D eigenvalue weighted by Crippen LogP contribution is -2.45. The van der Waals surface area contributed by atoms with Gasteiger partial charge in [0.15, 0.2) is 0 Å². The van der Waals surface area contributed by atoms with Crippen molar-refractivity contribution in [2.75, 3.05) is 16.9 Å². The molecule has 3 rings (SSSR count). The molecule has 0 saturated carbocycles. The maximum Gasteiger partial charge on any atom is 0.335 e. The number of hydrazone groups is 1. The number of nitrogens with one attached hydrogen (secondary N) is 1. The van der Waals surface area contributed by atoms with E-state index in [-0.39, 0.29) is 11.1 Å². The average molecular weight is 377 g/mol. The van der Waals surface area contributed by atoms with Gasteiger partial charge in [-0.15, -0.1) is 0 Å². The van der Waals surface area contributed by atoms with Crippen molar-refractivity contribution in [3.8, 4) is 0 Å². The summed E-state index contributed by atoms with van der Waals surface area (Å²) in [6.07, 6.45) is 5.21. The summed E-state index contributed by atoms with van der Waals surface area (Å²) in [5.41, 5.74) is 8.74. The van der Waals surface area contributed by atoms with Crippen molar-refractivity contribution in [2.45, 2.75) is 39.7 Å². The predicted octanol–water partition coefficient (Wildman–Crippen LogP) is 5.24. The van der Waals surface area contributed by atoms with Gasteiger partial charge in [0.05, 0.1) is 23.0 Å². The van der Waals surface area contributed by atoms with Crippen LogP contribution in [-0.4, -0.2) is 29.4 Å². The molecule has 1 aliphatic rings. The third-order valence-electron chi connectivity index (χ3n) is 4.99. The Hall–Kier alpha value is -3.08. The van der Waals surface area contributed by atoms with Crippen LogP contribution < -0.4 is 10.3 Å². The third kappa shape index (κ3) is 4.09. The average Bonchev–Trinajstić information content (AvgIpc) is 2.65. The zero-order chi connectivity index (χ0) is 20.3. The Balaban J connectivity index is 1.79. The van der Waals surface area contributed by atoms with Crippen LogP contribution in [0.1, 0.15) is 55.6 Å². The summed E-state index contributed by atoms with van der Waals surface area (Å²) in [5.74, 6) is -0.937. The van der Waals surface area contributed by atoms with Gasteiger partial charge in [-0.05, 0) is 74.7 Å². The number of aromatic carboxylic acids is 1. The molecule has 0 amide bonds. The molecule has 146 valence electrons. The highest BCUT2D eigenvalue weighted by Crippen LogP contribution is 2.39. The molecular weight excluding hydrogens is 350 g/mol. The monoisotopic (exact) mass is 377 g/mol. The fourth-order valence-corrected chi connectivity index (χ4v) is 3.68. The van der Waals surface area contributed by atoms with E-state index in [1.165, 1.54) is 16.8 Å². The zero-order valence-electron chi connectivity index (χ0n) is 16.9. The number of rotatable bonds is 6. The highest BCUT2D eigenvalue weighted by Gasteiger charge is 2.30. The van der Waals surface area contributed by atoms with Gasteiger partial charge in [-0.2, -0.15) is 5.10 Å². The quantitative estimate of drug-likeness (QED) is 0.533. The first kappa shape index (κ1) is 19.7. The number of anilines is 2. The second-order valence-electron chi connectivity index (χ2n) is 7.66. The SMILES string of the molecule is CCCN1c2ccc(/C=N/Nc3ccc(C(=O)O)cc3)cc2C(C)=CC1(C)C. The number of hydrogen-bond acceptors (Lipinski definition) is 4. The maximum atomic E-state index is 10.9. The Labute approximate surface area is 166 Å². The van der Waals surface area contributed by atoms with Crippen LogP contribution in [-0.2, 0) is 0 Å². The topological polar surface area (TPSA) is 64.9 Å². The summed E-state index contributed by atoms with van der Waals surface area (Å²) >= 11 is 0. The van der Waals surface area contributed by atoms with E-state index in [0.717, 1.165) is 24.2 Å². The lowest BCUT2D eigenvalue weighted by Gasteiger charge is -2.43. The smallest absolute Gasteiger partial charge is 0.335 e. The van der Waals surface area contributed by atoms with Crippen molar-refractivity contribution >= 4 is 29.1 Å². The Morgan fingerprint density at radius 3 is 2.57 bits per heavy atom. The molecule has 0 bridgehead atoms. The van der Waals surface area contributed by atoms with E-state index in [1.54, 1.807) is 30.5 Å². The molecule has 2 aromatic rings. The van der Waals surface area contributed by atoms with Crippen molar-refractivity contribution in [1.82, 2.24) is 0 Å². The summed E-state index contributed by atoms with van der Waals surface area (Å²) in [5, 5.41) is 13.2. The second kappa shape index (κ2) is 7.89. The molecule has 0 atom stereocenters. The van der Waals surface area contributed by atoms with Crippen molar-refractivity contribution in [1.29, 1.82) is 0 Å². The number of allylic oxidation sites excluding steroid dienone is 1. The number of fused-ring (bicyclic) bond motifs is 1. The highest BCUT2D eigenvalue weighted by molar-refractivity contribution is 5.89. The molecule has 2 aromatic carbocycles. The van der Waals surface area contributed by atoms with Gasteiger partial charge in [0.1, 0.15) is 0 Å². The second-order valence-corrected chi connectivity index (χ2v) is 7.66. The van der Waals surface area contributed by atoms with Crippen LogP contribution in [0.25, 0.3) is 5.57 Å². The van der Waals surface area contributed by atoms with Crippen molar-refractivity contribution < 1.29 is 9.90 Å². The molecule has 1 heterocycles. The van der Waals surface area contributed by atoms with E-state index in [0.29, 0.717) is 0 Å². The van der Waals surface area contributed by atoms with E-state index in [4.69, 9.17) is 5.11 Å². The van der Waals surface area contributed by atoms with Crippen LogP contribution in [0, 0.1) is 0 Å². The van der Waals surface area contributed by atoms with E-state index in [9.17, 15) is 4.79 Å². The molecule has 5 nitrogen and oxygen atoms in total. The van der Waals surface area contributed by atoms with E-state index in [2.05, 4.69) is 67.4 Å². The van der Waals surface area contributed by atoms with Crippen LogP contribution in [0.4, 0.5) is 11.4 Å². The fraction of sp³-hybridized carbons (Fsp3) is 0.304. The molecule has 0 aliphatic carbocycles. The molecule has 0 saturated heterocycles. The lowest BCUT2D eigenvalue weighted by atomic mass is 9.88. The van der Waals surface area contributed by atoms with Gasteiger partial charge in [-0.25, -0.2) is 4.79 Å². The maximum absolute atomic E-state index is 10.9. The molecule has 5 heteroatoms. The largest absolute Gasteiger partial charge is 0.478 e. The zero-order valence-corrected chi connectivity index (χ0v) is 16.9. The van der Waals surface area contributed by atoms with Crippen molar-refractivity contribution in [3.63, 3.8) is 0 Å². The van der Waals surface area contributed by atoms with Gasteiger partial charge in [-0.3, -0.25) is 5.43 Å². The van der Waals surface area contributed by atoms with Gasteiger partial charge in [-0.1, -0.05) is 19.1 Å². The Morgan fingerprint density at radius 2 is 1.93 bits per heavy atom. The van der Waals surface area contributed by atoms with E-state index >= 15 is 0 Å². The molecule has 0 radical (unpaired) electrons. The van der Waals surface area contributed by atoms with Crippen LogP contribution in [0.2, 0.25) is 0 Å². The number of carboxylic acids is 1. The Morgan fingerprint density at radius 1 is 1.21 bits per heavy atom. The van der Waals surface area contributed by atoms with Crippen molar-refractivity contribution in [3.05, 3.63) is 65.2 Å².